The average Bonchev–Trinajstić information content (AvgIpc) is 3.25. The van der Waals surface area contributed by atoms with Crippen molar-refractivity contribution in [3.63, 3.8) is 0 Å². The predicted octanol–water partition coefficient (Wildman–Crippen LogP) is 3.83. The minimum atomic E-state index is -0.417. The van der Waals surface area contributed by atoms with Crippen molar-refractivity contribution in [1.82, 2.24) is 0 Å². The van der Waals surface area contributed by atoms with Gasteiger partial charge in [-0.15, -0.1) is 0 Å². The lowest BCUT2D eigenvalue weighted by Gasteiger charge is -2.37. The molecule has 3 nitrogen and oxygen atoms in total. The molecule has 3 saturated carbocycles. The molecule has 8 atom stereocenters. The summed E-state index contributed by atoms with van der Waals surface area (Å²) in [6, 6.07) is 0. The first-order valence-electron chi connectivity index (χ1n) is 9.45. The SMILES string of the molecule is CCOC(C)(C)C(C)OC(=O)C1CC2CC1C1C3C=CC(C3)C21. The smallest absolute Gasteiger partial charge is 0.309 e. The molecule has 4 rings (SSSR count). The lowest BCUT2D eigenvalue weighted by atomic mass is 9.69. The van der Waals surface area contributed by atoms with E-state index in [4.69, 9.17) is 9.47 Å². The van der Waals surface area contributed by atoms with E-state index in [2.05, 4.69) is 12.2 Å². The number of carbonyl (C=O) groups is 1. The molecule has 0 amide bonds. The van der Waals surface area contributed by atoms with Crippen molar-refractivity contribution in [2.24, 2.45) is 41.4 Å². The number of allylic oxidation sites excluding steroid dienone is 2. The zero-order chi connectivity index (χ0) is 16.4. The van der Waals surface area contributed by atoms with E-state index in [9.17, 15) is 4.79 Å². The molecular formula is C20H30O3. The van der Waals surface area contributed by atoms with Crippen molar-refractivity contribution in [2.75, 3.05) is 6.61 Å². The van der Waals surface area contributed by atoms with E-state index in [1.165, 1.54) is 12.8 Å². The van der Waals surface area contributed by atoms with Crippen LogP contribution < -0.4 is 0 Å². The van der Waals surface area contributed by atoms with Crippen LogP contribution in [0.25, 0.3) is 0 Å². The van der Waals surface area contributed by atoms with Crippen molar-refractivity contribution >= 4 is 5.97 Å². The standard InChI is InChI=1S/C20H30O3/c1-5-22-20(3,4)11(2)23-19(21)16-10-14-9-15(16)18-13-7-6-12(8-13)17(14)18/h6-7,11-18H,5,8-10H2,1-4H3. The number of rotatable bonds is 5. The van der Waals surface area contributed by atoms with E-state index < -0.39 is 5.60 Å². The summed E-state index contributed by atoms with van der Waals surface area (Å²) < 4.78 is 11.6. The third-order valence-electron chi connectivity index (χ3n) is 7.36. The Morgan fingerprint density at radius 2 is 1.87 bits per heavy atom. The second-order valence-electron chi connectivity index (χ2n) is 8.72. The minimum absolute atomic E-state index is 0.0305. The van der Waals surface area contributed by atoms with Gasteiger partial charge in [0.15, 0.2) is 0 Å². The normalized spacial score (nSPS) is 44.6. The largest absolute Gasteiger partial charge is 0.459 e. The van der Waals surface area contributed by atoms with Crippen molar-refractivity contribution in [3.05, 3.63) is 12.2 Å². The lowest BCUT2D eigenvalue weighted by molar-refractivity contribution is -0.173. The molecule has 0 N–H and O–H groups in total. The first-order chi connectivity index (χ1) is 10.9. The van der Waals surface area contributed by atoms with Gasteiger partial charge in [0, 0.05) is 6.61 Å². The van der Waals surface area contributed by atoms with Crippen molar-refractivity contribution in [1.29, 1.82) is 0 Å². The van der Waals surface area contributed by atoms with Gasteiger partial charge >= 0.3 is 5.97 Å². The molecule has 0 heterocycles. The number of ether oxygens (including phenoxy) is 2. The summed E-state index contributed by atoms with van der Waals surface area (Å²) in [5.41, 5.74) is -0.417. The Bertz CT molecular complexity index is 523. The quantitative estimate of drug-likeness (QED) is 0.439. The van der Waals surface area contributed by atoms with Crippen molar-refractivity contribution < 1.29 is 14.3 Å². The molecular weight excluding hydrogens is 288 g/mol. The highest BCUT2D eigenvalue weighted by Gasteiger charge is 2.62. The van der Waals surface area contributed by atoms with Crippen LogP contribution in [0.15, 0.2) is 12.2 Å². The molecule has 0 spiro atoms. The Morgan fingerprint density at radius 3 is 2.57 bits per heavy atom. The number of fused-ring (bicyclic) bond motifs is 9. The van der Waals surface area contributed by atoms with Gasteiger partial charge in [-0.2, -0.15) is 0 Å². The van der Waals surface area contributed by atoms with Gasteiger partial charge < -0.3 is 9.47 Å². The van der Waals surface area contributed by atoms with Gasteiger partial charge in [-0.05, 0) is 82.5 Å². The Labute approximate surface area is 139 Å². The molecule has 0 aromatic rings. The third kappa shape index (κ3) is 2.30. The Kier molecular flexibility index (Phi) is 3.64. The third-order valence-corrected chi connectivity index (χ3v) is 7.36. The molecule has 0 saturated heterocycles. The summed E-state index contributed by atoms with van der Waals surface area (Å²) in [5.74, 6) is 4.68. The van der Waals surface area contributed by atoms with Gasteiger partial charge in [0.1, 0.15) is 6.10 Å². The topological polar surface area (TPSA) is 35.5 Å². The van der Waals surface area contributed by atoms with Gasteiger partial charge in [-0.1, -0.05) is 12.2 Å². The molecule has 3 heteroatoms. The van der Waals surface area contributed by atoms with Crippen LogP contribution in [0.3, 0.4) is 0 Å². The molecule has 0 aliphatic heterocycles. The van der Waals surface area contributed by atoms with E-state index in [0.29, 0.717) is 12.5 Å². The summed E-state index contributed by atoms with van der Waals surface area (Å²) in [5, 5.41) is 0. The number of hydrogen-bond acceptors (Lipinski definition) is 3. The summed E-state index contributed by atoms with van der Waals surface area (Å²) in [7, 11) is 0. The summed E-state index contributed by atoms with van der Waals surface area (Å²) in [6.07, 6.45) is 8.33. The van der Waals surface area contributed by atoms with Gasteiger partial charge in [-0.25, -0.2) is 0 Å². The molecule has 8 unspecified atom stereocenters. The lowest BCUT2D eigenvalue weighted by Crippen LogP contribution is -2.43. The fourth-order valence-corrected chi connectivity index (χ4v) is 6.18. The zero-order valence-corrected chi connectivity index (χ0v) is 14.8. The van der Waals surface area contributed by atoms with Crippen LogP contribution in [0.5, 0.6) is 0 Å². The molecule has 3 fully saturated rings. The predicted molar refractivity (Wildman–Crippen MR) is 88.7 cm³/mol. The first-order valence-corrected chi connectivity index (χ1v) is 9.45. The summed E-state index contributed by atoms with van der Waals surface area (Å²) >= 11 is 0. The van der Waals surface area contributed by atoms with Crippen LogP contribution >= 0.6 is 0 Å². The average molecular weight is 318 g/mol. The number of carbonyl (C=O) groups excluding carboxylic acids is 1. The molecule has 0 aromatic carbocycles. The van der Waals surface area contributed by atoms with Crippen LogP contribution in [0.1, 0.15) is 47.0 Å². The van der Waals surface area contributed by atoms with Crippen LogP contribution in [-0.2, 0) is 14.3 Å². The molecule has 128 valence electrons. The van der Waals surface area contributed by atoms with Crippen LogP contribution in [0.4, 0.5) is 0 Å². The maximum absolute atomic E-state index is 12.8. The molecule has 4 bridgehead atoms. The van der Waals surface area contributed by atoms with Gasteiger partial charge in [0.25, 0.3) is 0 Å². The van der Waals surface area contributed by atoms with Crippen LogP contribution in [-0.4, -0.2) is 24.3 Å². The van der Waals surface area contributed by atoms with E-state index in [1.807, 2.05) is 27.7 Å². The fourth-order valence-electron chi connectivity index (χ4n) is 6.18. The summed E-state index contributed by atoms with van der Waals surface area (Å²) in [4.78, 5) is 12.8. The Morgan fingerprint density at radius 1 is 1.17 bits per heavy atom. The Hall–Kier alpha value is -0.830. The van der Waals surface area contributed by atoms with E-state index in [0.717, 1.165) is 36.0 Å². The molecule has 0 aromatic heterocycles. The maximum atomic E-state index is 12.8. The van der Waals surface area contributed by atoms with Crippen molar-refractivity contribution in [2.45, 2.75) is 58.7 Å². The minimum Gasteiger partial charge on any atom is -0.459 e. The van der Waals surface area contributed by atoms with E-state index in [-0.39, 0.29) is 18.0 Å². The van der Waals surface area contributed by atoms with Gasteiger partial charge in [0.05, 0.1) is 11.5 Å². The number of hydrogen-bond donors (Lipinski definition) is 0. The summed E-state index contributed by atoms with van der Waals surface area (Å²) in [6.45, 7) is 8.60. The van der Waals surface area contributed by atoms with Crippen LogP contribution in [0, 0.1) is 41.4 Å². The molecule has 0 radical (unpaired) electrons. The maximum Gasteiger partial charge on any atom is 0.309 e. The molecule has 4 aliphatic carbocycles. The monoisotopic (exact) mass is 318 g/mol. The van der Waals surface area contributed by atoms with Crippen LogP contribution in [0.2, 0.25) is 0 Å². The zero-order valence-electron chi connectivity index (χ0n) is 14.8. The van der Waals surface area contributed by atoms with Gasteiger partial charge in [0.2, 0.25) is 0 Å². The van der Waals surface area contributed by atoms with E-state index >= 15 is 0 Å². The second-order valence-corrected chi connectivity index (χ2v) is 8.72. The first kappa shape index (κ1) is 15.7. The molecule has 23 heavy (non-hydrogen) atoms. The second kappa shape index (κ2) is 5.34. The highest BCUT2D eigenvalue weighted by Crippen LogP contribution is 2.67. The fraction of sp³-hybridized carbons (Fsp3) is 0.850. The van der Waals surface area contributed by atoms with Crippen molar-refractivity contribution in [3.8, 4) is 0 Å². The molecule has 4 aliphatic rings. The van der Waals surface area contributed by atoms with E-state index in [1.54, 1.807) is 0 Å². The highest BCUT2D eigenvalue weighted by molar-refractivity contribution is 5.74. The van der Waals surface area contributed by atoms with Gasteiger partial charge in [-0.3, -0.25) is 4.79 Å². The number of esters is 1. The Balaban J connectivity index is 1.42. The highest BCUT2D eigenvalue weighted by atomic mass is 16.6.